The monoisotopic (exact) mass is 260 g/mol. The quantitative estimate of drug-likeness (QED) is 0.856. The van der Waals surface area contributed by atoms with Crippen LogP contribution >= 0.6 is 0 Å². The van der Waals surface area contributed by atoms with Crippen LogP contribution in [0.1, 0.15) is 18.9 Å². The van der Waals surface area contributed by atoms with E-state index in [2.05, 4.69) is 23.6 Å². The number of hydrogen-bond acceptors (Lipinski definition) is 3. The first-order valence-electron chi connectivity index (χ1n) is 6.99. The molecule has 1 aromatic rings. The summed E-state index contributed by atoms with van der Waals surface area (Å²) in [5, 5.41) is 6.33. The molecule has 0 aromatic heterocycles. The van der Waals surface area contributed by atoms with Gasteiger partial charge in [0.05, 0.1) is 12.5 Å². The summed E-state index contributed by atoms with van der Waals surface area (Å²) in [5.74, 6) is 1.21. The fourth-order valence-electron chi connectivity index (χ4n) is 2.93. The number of fused-ring (bicyclic) bond motifs is 1. The summed E-state index contributed by atoms with van der Waals surface area (Å²) in [7, 11) is 0. The predicted octanol–water partition coefficient (Wildman–Crippen LogP) is 1.10. The maximum atomic E-state index is 12.1. The van der Waals surface area contributed by atoms with Gasteiger partial charge in [0.1, 0.15) is 11.9 Å². The van der Waals surface area contributed by atoms with E-state index < -0.39 is 0 Å². The third-order valence-electron chi connectivity index (χ3n) is 4.08. The highest BCUT2D eigenvalue weighted by atomic mass is 16.5. The molecule has 0 bridgehead atoms. The summed E-state index contributed by atoms with van der Waals surface area (Å²) in [6.45, 7) is 3.60. The molecular formula is C15H20N2O2. The Hall–Kier alpha value is -1.55. The van der Waals surface area contributed by atoms with E-state index in [1.807, 2.05) is 18.2 Å². The number of carbonyl (C=O) groups is 1. The minimum Gasteiger partial charge on any atom is -0.488 e. The summed E-state index contributed by atoms with van der Waals surface area (Å²) < 4.78 is 5.82. The van der Waals surface area contributed by atoms with Crippen molar-refractivity contribution in [1.29, 1.82) is 0 Å². The van der Waals surface area contributed by atoms with Crippen LogP contribution in [0.2, 0.25) is 0 Å². The smallest absolute Gasteiger partial charge is 0.224 e. The molecule has 19 heavy (non-hydrogen) atoms. The Labute approximate surface area is 113 Å². The molecule has 1 saturated heterocycles. The van der Waals surface area contributed by atoms with Gasteiger partial charge in [0, 0.05) is 12.5 Å². The van der Waals surface area contributed by atoms with Gasteiger partial charge in [-0.3, -0.25) is 4.79 Å². The first-order valence-corrected chi connectivity index (χ1v) is 6.99. The lowest BCUT2D eigenvalue weighted by Gasteiger charge is -2.17. The van der Waals surface area contributed by atoms with Gasteiger partial charge in [0.15, 0.2) is 0 Å². The molecule has 1 amide bonds. The van der Waals surface area contributed by atoms with Crippen molar-refractivity contribution >= 4 is 5.91 Å². The Balaban J connectivity index is 1.50. The van der Waals surface area contributed by atoms with Crippen LogP contribution in [0, 0.1) is 5.92 Å². The summed E-state index contributed by atoms with van der Waals surface area (Å²) in [4.78, 5) is 12.1. The zero-order valence-corrected chi connectivity index (χ0v) is 11.2. The lowest BCUT2D eigenvalue weighted by Crippen LogP contribution is -2.41. The van der Waals surface area contributed by atoms with Crippen LogP contribution in [-0.2, 0) is 11.2 Å². The molecule has 2 aliphatic rings. The fourth-order valence-corrected chi connectivity index (χ4v) is 2.93. The van der Waals surface area contributed by atoms with E-state index in [4.69, 9.17) is 4.74 Å². The largest absolute Gasteiger partial charge is 0.488 e. The average Bonchev–Trinajstić information content (AvgIpc) is 3.01. The number of para-hydroxylation sites is 1. The van der Waals surface area contributed by atoms with Crippen LogP contribution in [0.4, 0.5) is 0 Å². The second kappa shape index (κ2) is 5.21. The number of hydrogen-bond donors (Lipinski definition) is 2. The molecule has 3 rings (SSSR count). The molecule has 1 fully saturated rings. The minimum absolute atomic E-state index is 0.0750. The molecule has 4 heteroatoms. The standard InChI is InChI=1S/C15H20N2O2/c1-10-13(6-7-16-10)15(18)17-9-12-8-11-4-2-3-5-14(11)19-12/h2-5,10,12-13,16H,6-9H2,1H3,(H,17,18). The molecular weight excluding hydrogens is 240 g/mol. The van der Waals surface area contributed by atoms with Crippen molar-refractivity contribution in [3.8, 4) is 5.75 Å². The summed E-state index contributed by atoms with van der Waals surface area (Å²) in [6, 6.07) is 8.35. The van der Waals surface area contributed by atoms with Gasteiger partial charge < -0.3 is 15.4 Å². The number of benzene rings is 1. The van der Waals surface area contributed by atoms with Crippen LogP contribution in [-0.4, -0.2) is 31.1 Å². The van der Waals surface area contributed by atoms with Gasteiger partial charge in [-0.2, -0.15) is 0 Å². The number of ether oxygens (including phenoxy) is 1. The van der Waals surface area contributed by atoms with Crippen molar-refractivity contribution in [2.45, 2.75) is 31.9 Å². The first-order chi connectivity index (χ1) is 9.24. The second-order valence-corrected chi connectivity index (χ2v) is 5.43. The average molecular weight is 260 g/mol. The third kappa shape index (κ3) is 2.59. The fraction of sp³-hybridized carbons (Fsp3) is 0.533. The molecule has 2 aliphatic heterocycles. The second-order valence-electron chi connectivity index (χ2n) is 5.43. The van der Waals surface area contributed by atoms with Crippen molar-refractivity contribution in [3.05, 3.63) is 29.8 Å². The molecule has 0 saturated carbocycles. The zero-order valence-electron chi connectivity index (χ0n) is 11.2. The topological polar surface area (TPSA) is 50.4 Å². The van der Waals surface area contributed by atoms with E-state index in [1.165, 1.54) is 5.56 Å². The lowest BCUT2D eigenvalue weighted by atomic mass is 10.0. The highest BCUT2D eigenvalue weighted by molar-refractivity contribution is 5.79. The van der Waals surface area contributed by atoms with E-state index in [-0.39, 0.29) is 24.0 Å². The Morgan fingerprint density at radius 1 is 1.47 bits per heavy atom. The van der Waals surface area contributed by atoms with E-state index in [9.17, 15) is 4.79 Å². The summed E-state index contributed by atoms with van der Waals surface area (Å²) in [5.41, 5.74) is 1.23. The molecule has 4 nitrogen and oxygen atoms in total. The van der Waals surface area contributed by atoms with E-state index in [0.717, 1.165) is 25.1 Å². The highest BCUT2D eigenvalue weighted by Gasteiger charge is 2.30. The molecule has 0 radical (unpaired) electrons. The van der Waals surface area contributed by atoms with E-state index in [0.29, 0.717) is 6.54 Å². The number of rotatable bonds is 3. The summed E-state index contributed by atoms with van der Waals surface area (Å²) in [6.07, 6.45) is 1.89. The van der Waals surface area contributed by atoms with Crippen molar-refractivity contribution in [2.75, 3.05) is 13.1 Å². The van der Waals surface area contributed by atoms with Crippen LogP contribution in [0.3, 0.4) is 0 Å². The van der Waals surface area contributed by atoms with E-state index in [1.54, 1.807) is 0 Å². The van der Waals surface area contributed by atoms with Gasteiger partial charge in [0.2, 0.25) is 5.91 Å². The van der Waals surface area contributed by atoms with Gasteiger partial charge in [-0.1, -0.05) is 18.2 Å². The van der Waals surface area contributed by atoms with Crippen molar-refractivity contribution in [2.24, 2.45) is 5.92 Å². The Kier molecular flexibility index (Phi) is 3.42. The molecule has 1 aromatic carbocycles. The molecule has 3 unspecified atom stereocenters. The zero-order chi connectivity index (χ0) is 13.2. The molecule has 3 atom stereocenters. The summed E-state index contributed by atoms with van der Waals surface area (Å²) >= 11 is 0. The Bertz CT molecular complexity index is 450. The lowest BCUT2D eigenvalue weighted by molar-refractivity contribution is -0.125. The van der Waals surface area contributed by atoms with Gasteiger partial charge in [-0.15, -0.1) is 0 Å². The van der Waals surface area contributed by atoms with Gasteiger partial charge in [0.25, 0.3) is 0 Å². The SMILES string of the molecule is CC1NCCC1C(=O)NCC1Cc2ccccc2O1. The maximum Gasteiger partial charge on any atom is 0.224 e. The Morgan fingerprint density at radius 2 is 2.32 bits per heavy atom. The number of carbonyl (C=O) groups excluding carboxylic acids is 1. The van der Waals surface area contributed by atoms with Crippen molar-refractivity contribution in [1.82, 2.24) is 10.6 Å². The molecule has 0 spiro atoms. The molecule has 2 heterocycles. The Morgan fingerprint density at radius 3 is 3.05 bits per heavy atom. The third-order valence-corrected chi connectivity index (χ3v) is 4.08. The van der Waals surface area contributed by atoms with Crippen LogP contribution in [0.25, 0.3) is 0 Å². The van der Waals surface area contributed by atoms with Crippen LogP contribution in [0.5, 0.6) is 5.75 Å². The maximum absolute atomic E-state index is 12.1. The van der Waals surface area contributed by atoms with Crippen LogP contribution < -0.4 is 15.4 Å². The first kappa shape index (κ1) is 12.5. The van der Waals surface area contributed by atoms with Gasteiger partial charge in [-0.05, 0) is 31.5 Å². The number of nitrogens with one attached hydrogen (secondary N) is 2. The normalized spacial score (nSPS) is 28.8. The predicted molar refractivity (Wildman–Crippen MR) is 73.1 cm³/mol. The van der Waals surface area contributed by atoms with Crippen molar-refractivity contribution < 1.29 is 9.53 Å². The molecule has 2 N–H and O–H groups in total. The van der Waals surface area contributed by atoms with Gasteiger partial charge in [-0.25, -0.2) is 0 Å². The van der Waals surface area contributed by atoms with Crippen molar-refractivity contribution in [3.63, 3.8) is 0 Å². The number of amides is 1. The van der Waals surface area contributed by atoms with E-state index >= 15 is 0 Å². The molecule has 0 aliphatic carbocycles. The minimum atomic E-state index is 0.0750. The van der Waals surface area contributed by atoms with Gasteiger partial charge >= 0.3 is 0 Å². The molecule has 102 valence electrons. The van der Waals surface area contributed by atoms with Crippen LogP contribution in [0.15, 0.2) is 24.3 Å². The highest BCUT2D eigenvalue weighted by Crippen LogP contribution is 2.27.